The topological polar surface area (TPSA) is 79.3 Å². The highest BCUT2D eigenvalue weighted by atomic mass is 35.5. The number of rotatable bonds is 3. The van der Waals surface area contributed by atoms with E-state index >= 15 is 0 Å². The van der Waals surface area contributed by atoms with Gasteiger partial charge in [0, 0.05) is 12.1 Å². The van der Waals surface area contributed by atoms with E-state index in [9.17, 15) is 9.59 Å². The molecule has 5 nitrogen and oxygen atoms in total. The number of carbonyl (C=O) groups excluding carboxylic acids is 1. The lowest BCUT2D eigenvalue weighted by atomic mass is 10.0. The number of pyridine rings is 1. The summed E-state index contributed by atoms with van der Waals surface area (Å²) >= 11 is 5.83. The van der Waals surface area contributed by atoms with Gasteiger partial charge in [0.25, 0.3) is 0 Å². The zero-order chi connectivity index (χ0) is 13.1. The second kappa shape index (κ2) is 5.35. The molecule has 0 bridgehead atoms. The van der Waals surface area contributed by atoms with Crippen LogP contribution in [0.25, 0.3) is 0 Å². The van der Waals surface area contributed by atoms with Crippen molar-refractivity contribution >= 4 is 29.2 Å². The Kier molecular flexibility index (Phi) is 3.81. The van der Waals surface area contributed by atoms with Crippen LogP contribution in [-0.2, 0) is 9.59 Å². The largest absolute Gasteiger partial charge is 0.481 e. The number of carboxylic acid groups (broad SMARTS) is 1. The predicted octanol–water partition coefficient (Wildman–Crippen LogP) is 2.17. The maximum atomic E-state index is 11.9. The van der Waals surface area contributed by atoms with Gasteiger partial charge in [0.15, 0.2) is 5.15 Å². The molecule has 96 valence electrons. The molecule has 0 spiro atoms. The fraction of sp³-hybridized carbons (Fsp3) is 0.417. The van der Waals surface area contributed by atoms with Crippen LogP contribution in [0.1, 0.15) is 19.3 Å². The molecule has 0 aliphatic heterocycles. The molecule has 1 fully saturated rings. The van der Waals surface area contributed by atoms with Crippen molar-refractivity contribution in [2.24, 2.45) is 11.8 Å². The first-order chi connectivity index (χ1) is 8.58. The quantitative estimate of drug-likeness (QED) is 0.824. The summed E-state index contributed by atoms with van der Waals surface area (Å²) in [6, 6.07) is 3.34. The Hall–Kier alpha value is -1.62. The van der Waals surface area contributed by atoms with Crippen molar-refractivity contribution in [3.05, 3.63) is 23.5 Å². The third kappa shape index (κ3) is 2.79. The van der Waals surface area contributed by atoms with E-state index in [0.717, 1.165) is 0 Å². The molecule has 18 heavy (non-hydrogen) atoms. The number of amides is 1. The Labute approximate surface area is 109 Å². The van der Waals surface area contributed by atoms with E-state index < -0.39 is 11.9 Å². The first kappa shape index (κ1) is 12.8. The molecular weight excluding hydrogens is 256 g/mol. The molecular formula is C12H13ClN2O3. The number of halogens is 1. The Balaban J connectivity index is 1.98. The number of aliphatic carboxylic acids is 1. The predicted molar refractivity (Wildman–Crippen MR) is 66.3 cm³/mol. The monoisotopic (exact) mass is 268 g/mol. The van der Waals surface area contributed by atoms with Gasteiger partial charge in [0.05, 0.1) is 11.6 Å². The molecule has 2 atom stereocenters. The van der Waals surface area contributed by atoms with Crippen LogP contribution in [-0.4, -0.2) is 22.0 Å². The van der Waals surface area contributed by atoms with Gasteiger partial charge in [-0.1, -0.05) is 11.6 Å². The lowest BCUT2D eigenvalue weighted by Gasteiger charge is -2.11. The van der Waals surface area contributed by atoms with Crippen LogP contribution in [0.2, 0.25) is 5.15 Å². The van der Waals surface area contributed by atoms with Gasteiger partial charge in [0.1, 0.15) is 0 Å². The van der Waals surface area contributed by atoms with Crippen molar-refractivity contribution in [3.8, 4) is 0 Å². The molecule has 1 saturated carbocycles. The van der Waals surface area contributed by atoms with E-state index in [1.54, 1.807) is 12.1 Å². The molecule has 1 aromatic rings. The SMILES string of the molecule is O=C(O)C1CCC(C(=O)Nc2cccnc2Cl)C1. The molecule has 2 rings (SSSR count). The van der Waals surface area contributed by atoms with Gasteiger partial charge in [-0.15, -0.1) is 0 Å². The first-order valence-electron chi connectivity index (χ1n) is 5.72. The number of nitrogens with zero attached hydrogens (tertiary/aromatic N) is 1. The smallest absolute Gasteiger partial charge is 0.306 e. The second-order valence-electron chi connectivity index (χ2n) is 4.38. The fourth-order valence-corrected chi connectivity index (χ4v) is 2.32. The van der Waals surface area contributed by atoms with Crippen molar-refractivity contribution in [2.45, 2.75) is 19.3 Å². The van der Waals surface area contributed by atoms with E-state index in [1.165, 1.54) is 6.20 Å². The van der Waals surface area contributed by atoms with Gasteiger partial charge in [-0.25, -0.2) is 4.98 Å². The maximum Gasteiger partial charge on any atom is 0.306 e. The maximum absolute atomic E-state index is 11.9. The highest BCUT2D eigenvalue weighted by molar-refractivity contribution is 6.32. The van der Waals surface area contributed by atoms with E-state index in [0.29, 0.717) is 24.9 Å². The average Bonchev–Trinajstić information content (AvgIpc) is 2.81. The average molecular weight is 269 g/mol. The zero-order valence-corrected chi connectivity index (χ0v) is 10.4. The van der Waals surface area contributed by atoms with Crippen molar-refractivity contribution in [1.29, 1.82) is 0 Å². The van der Waals surface area contributed by atoms with Crippen LogP contribution in [0.4, 0.5) is 5.69 Å². The van der Waals surface area contributed by atoms with Crippen LogP contribution in [0.3, 0.4) is 0 Å². The third-order valence-corrected chi connectivity index (χ3v) is 3.47. The number of hydrogen-bond acceptors (Lipinski definition) is 3. The van der Waals surface area contributed by atoms with E-state index in [4.69, 9.17) is 16.7 Å². The summed E-state index contributed by atoms with van der Waals surface area (Å²) in [6.07, 6.45) is 3.07. The van der Waals surface area contributed by atoms with E-state index in [1.807, 2.05) is 0 Å². The molecule has 0 radical (unpaired) electrons. The van der Waals surface area contributed by atoms with Crippen molar-refractivity contribution in [1.82, 2.24) is 4.98 Å². The number of anilines is 1. The second-order valence-corrected chi connectivity index (χ2v) is 4.73. The summed E-state index contributed by atoms with van der Waals surface area (Å²) in [6.45, 7) is 0. The van der Waals surface area contributed by atoms with Crippen LogP contribution < -0.4 is 5.32 Å². The van der Waals surface area contributed by atoms with Gasteiger partial charge >= 0.3 is 5.97 Å². The number of aromatic nitrogens is 1. The van der Waals surface area contributed by atoms with Crippen LogP contribution in [0, 0.1) is 11.8 Å². The van der Waals surface area contributed by atoms with Crippen molar-refractivity contribution < 1.29 is 14.7 Å². The van der Waals surface area contributed by atoms with Crippen LogP contribution in [0.15, 0.2) is 18.3 Å². The summed E-state index contributed by atoms with van der Waals surface area (Å²) in [5.41, 5.74) is 0.461. The normalized spacial score (nSPS) is 22.7. The van der Waals surface area contributed by atoms with Gasteiger partial charge in [-0.3, -0.25) is 9.59 Å². The first-order valence-corrected chi connectivity index (χ1v) is 6.10. The van der Waals surface area contributed by atoms with Crippen molar-refractivity contribution in [3.63, 3.8) is 0 Å². The minimum absolute atomic E-state index is 0.186. The molecule has 1 heterocycles. The minimum atomic E-state index is -0.829. The lowest BCUT2D eigenvalue weighted by molar-refractivity contribution is -0.141. The molecule has 2 N–H and O–H groups in total. The number of hydrogen-bond donors (Lipinski definition) is 2. The molecule has 0 saturated heterocycles. The van der Waals surface area contributed by atoms with Crippen LogP contribution >= 0.6 is 11.6 Å². The highest BCUT2D eigenvalue weighted by Crippen LogP contribution is 2.32. The van der Waals surface area contributed by atoms with E-state index in [-0.39, 0.29) is 17.0 Å². The highest BCUT2D eigenvalue weighted by Gasteiger charge is 2.33. The summed E-state index contributed by atoms with van der Waals surface area (Å²) in [5, 5.41) is 11.8. The molecule has 2 unspecified atom stereocenters. The lowest BCUT2D eigenvalue weighted by Crippen LogP contribution is -2.22. The zero-order valence-electron chi connectivity index (χ0n) is 9.60. The number of nitrogens with one attached hydrogen (secondary N) is 1. The third-order valence-electron chi connectivity index (χ3n) is 3.17. The van der Waals surface area contributed by atoms with Gasteiger partial charge in [0.2, 0.25) is 5.91 Å². The molecule has 1 aromatic heterocycles. The Morgan fingerprint density at radius 1 is 1.39 bits per heavy atom. The molecule has 0 aromatic carbocycles. The Morgan fingerprint density at radius 3 is 2.72 bits per heavy atom. The number of carboxylic acids is 1. The number of carbonyl (C=O) groups is 2. The van der Waals surface area contributed by atoms with Gasteiger partial charge in [-0.05, 0) is 31.4 Å². The van der Waals surface area contributed by atoms with Gasteiger partial charge < -0.3 is 10.4 Å². The van der Waals surface area contributed by atoms with Crippen LogP contribution in [0.5, 0.6) is 0 Å². The fourth-order valence-electron chi connectivity index (χ4n) is 2.16. The standard InChI is InChI=1S/C12H13ClN2O3/c13-10-9(2-1-5-14-10)15-11(16)7-3-4-8(6-7)12(17)18/h1-2,5,7-8H,3-4,6H2,(H,15,16)(H,17,18). The Bertz CT molecular complexity index is 478. The Morgan fingerprint density at radius 2 is 2.11 bits per heavy atom. The summed E-state index contributed by atoms with van der Waals surface area (Å²) in [5.74, 6) is -1.69. The minimum Gasteiger partial charge on any atom is -0.481 e. The van der Waals surface area contributed by atoms with E-state index in [2.05, 4.69) is 10.3 Å². The molecule has 6 heteroatoms. The summed E-state index contributed by atoms with van der Waals surface area (Å²) in [4.78, 5) is 26.6. The molecule has 1 aliphatic carbocycles. The van der Waals surface area contributed by atoms with Crippen molar-refractivity contribution in [2.75, 3.05) is 5.32 Å². The molecule has 1 aliphatic rings. The van der Waals surface area contributed by atoms with Gasteiger partial charge in [-0.2, -0.15) is 0 Å². The molecule has 1 amide bonds. The summed E-state index contributed by atoms with van der Waals surface area (Å²) in [7, 11) is 0. The summed E-state index contributed by atoms with van der Waals surface area (Å²) < 4.78 is 0.